The topological polar surface area (TPSA) is 78.9 Å². The highest BCUT2D eigenvalue weighted by molar-refractivity contribution is 5.75. The number of aliphatic carboxylic acids is 1. The van der Waals surface area contributed by atoms with Crippen LogP contribution in [0, 0.1) is 17.8 Å². The smallest absolute Gasteiger partial charge is 0.323 e. The van der Waals surface area contributed by atoms with Gasteiger partial charge < -0.3 is 15.2 Å². The first kappa shape index (κ1) is 24.5. The summed E-state index contributed by atoms with van der Waals surface area (Å²) in [5.74, 6) is 1.06. The third-order valence-electron chi connectivity index (χ3n) is 7.94. The highest BCUT2D eigenvalue weighted by Crippen LogP contribution is 2.38. The third-order valence-corrected chi connectivity index (χ3v) is 7.94. The fourth-order valence-electron chi connectivity index (χ4n) is 6.30. The Hall–Kier alpha value is -1.14. The summed E-state index contributed by atoms with van der Waals surface area (Å²) in [7, 11) is 0. The Labute approximate surface area is 188 Å². The van der Waals surface area contributed by atoms with Crippen LogP contribution in [0.4, 0.5) is 0 Å². The van der Waals surface area contributed by atoms with Crippen molar-refractivity contribution >= 4 is 11.9 Å². The number of piperidine rings is 1. The van der Waals surface area contributed by atoms with Gasteiger partial charge in [0.05, 0.1) is 6.61 Å². The van der Waals surface area contributed by atoms with Gasteiger partial charge in [0.25, 0.3) is 0 Å². The van der Waals surface area contributed by atoms with Gasteiger partial charge in [-0.2, -0.15) is 0 Å². The number of carbonyl (C=O) groups excluding carboxylic acids is 1. The predicted octanol–water partition coefficient (Wildman–Crippen LogP) is 4.22. The summed E-state index contributed by atoms with van der Waals surface area (Å²) in [6, 6.07) is -0.651. The van der Waals surface area contributed by atoms with Gasteiger partial charge in [-0.15, -0.1) is 0 Å². The van der Waals surface area contributed by atoms with E-state index >= 15 is 0 Å². The Bertz CT molecular complexity index is 578. The van der Waals surface area contributed by atoms with Crippen molar-refractivity contribution in [3.63, 3.8) is 0 Å². The number of rotatable bonds is 10. The Balaban J connectivity index is 1.56. The van der Waals surface area contributed by atoms with Crippen molar-refractivity contribution in [2.75, 3.05) is 19.7 Å². The second-order valence-corrected chi connectivity index (χ2v) is 10.3. The lowest BCUT2D eigenvalue weighted by atomic mass is 9.73. The summed E-state index contributed by atoms with van der Waals surface area (Å²) in [6.07, 6.45) is 14.1. The number of carbonyl (C=O) groups is 2. The summed E-state index contributed by atoms with van der Waals surface area (Å²) < 4.78 is 5.36. The van der Waals surface area contributed by atoms with Crippen LogP contribution >= 0.6 is 0 Å². The first-order valence-electron chi connectivity index (χ1n) is 12.9. The number of likely N-dealkylation sites (tertiary alicyclic amines) is 1. The Morgan fingerprint density at radius 3 is 2.42 bits per heavy atom. The maximum atomic E-state index is 12.6. The minimum atomic E-state index is -0.699. The molecule has 6 nitrogen and oxygen atoms in total. The van der Waals surface area contributed by atoms with Crippen molar-refractivity contribution in [2.24, 2.45) is 17.8 Å². The van der Waals surface area contributed by atoms with Gasteiger partial charge in [-0.1, -0.05) is 51.4 Å². The minimum absolute atomic E-state index is 0.0442. The lowest BCUT2D eigenvalue weighted by Crippen LogP contribution is -2.56. The largest absolute Gasteiger partial charge is 0.480 e. The zero-order chi connectivity index (χ0) is 22.2. The fraction of sp³-hybridized carbons (Fsp3) is 0.920. The van der Waals surface area contributed by atoms with Crippen LogP contribution in [0.25, 0.3) is 0 Å². The van der Waals surface area contributed by atoms with Gasteiger partial charge in [0.1, 0.15) is 12.1 Å². The predicted molar refractivity (Wildman–Crippen MR) is 122 cm³/mol. The first-order valence-corrected chi connectivity index (χ1v) is 12.9. The molecule has 2 saturated carbocycles. The number of hydrogen-bond donors (Lipinski definition) is 2. The first-order chi connectivity index (χ1) is 15.0. The summed E-state index contributed by atoms with van der Waals surface area (Å²) in [5.41, 5.74) is 0. The summed E-state index contributed by atoms with van der Waals surface area (Å²) in [6.45, 7) is 5.87. The molecule has 2 unspecified atom stereocenters. The van der Waals surface area contributed by atoms with Crippen LogP contribution < -0.4 is 5.32 Å². The molecule has 0 spiro atoms. The van der Waals surface area contributed by atoms with Crippen molar-refractivity contribution in [1.29, 1.82) is 0 Å². The molecule has 2 N–H and O–H groups in total. The molecule has 178 valence electrons. The van der Waals surface area contributed by atoms with Crippen molar-refractivity contribution in [3.05, 3.63) is 0 Å². The van der Waals surface area contributed by atoms with E-state index in [1.165, 1.54) is 57.8 Å². The average Bonchev–Trinajstić information content (AvgIpc) is 2.76. The minimum Gasteiger partial charge on any atom is -0.480 e. The molecule has 3 rings (SSSR count). The molecule has 3 fully saturated rings. The molecule has 3 aliphatic rings. The molecule has 2 aliphatic carbocycles. The lowest BCUT2D eigenvalue weighted by Gasteiger charge is -2.45. The normalized spacial score (nSPS) is 29.7. The van der Waals surface area contributed by atoms with Gasteiger partial charge in [0.2, 0.25) is 0 Å². The highest BCUT2D eigenvalue weighted by Gasteiger charge is 2.40. The summed E-state index contributed by atoms with van der Waals surface area (Å²) in [4.78, 5) is 26.8. The van der Waals surface area contributed by atoms with E-state index < -0.39 is 12.0 Å². The van der Waals surface area contributed by atoms with Gasteiger partial charge in [-0.25, -0.2) is 0 Å². The molecule has 5 atom stereocenters. The van der Waals surface area contributed by atoms with Gasteiger partial charge in [0, 0.05) is 19.1 Å². The molecule has 1 saturated heterocycles. The fourth-order valence-corrected chi connectivity index (χ4v) is 6.30. The number of esters is 1. The SMILES string of the molecule is CCOC(=O)[C@H](CCC1CCCCC1)N[C@@H](C)CN1CC2CCCCC2C[C@H]1C(=O)O. The lowest BCUT2D eigenvalue weighted by molar-refractivity contribution is -0.148. The van der Waals surface area contributed by atoms with E-state index in [1.54, 1.807) is 0 Å². The van der Waals surface area contributed by atoms with E-state index in [1.807, 2.05) is 6.92 Å². The van der Waals surface area contributed by atoms with Crippen molar-refractivity contribution < 1.29 is 19.4 Å². The standard InChI is InChI=1S/C25H44N2O4/c1-3-31-25(30)22(14-13-19-9-5-4-6-10-19)26-18(2)16-27-17-21-12-8-7-11-20(21)15-23(27)24(28)29/h18-23,26H,3-17H2,1-2H3,(H,28,29)/t18-,20?,21?,22-,23-/m0/s1. The molecule has 6 heteroatoms. The summed E-state index contributed by atoms with van der Waals surface area (Å²) >= 11 is 0. The van der Waals surface area contributed by atoms with Crippen molar-refractivity contribution in [3.8, 4) is 0 Å². The number of nitrogens with one attached hydrogen (secondary N) is 1. The van der Waals surface area contributed by atoms with E-state index in [9.17, 15) is 14.7 Å². The zero-order valence-electron chi connectivity index (χ0n) is 19.7. The van der Waals surface area contributed by atoms with Crippen LogP contribution in [-0.2, 0) is 14.3 Å². The molecular weight excluding hydrogens is 392 g/mol. The van der Waals surface area contributed by atoms with Crippen LogP contribution in [0.2, 0.25) is 0 Å². The molecule has 0 amide bonds. The van der Waals surface area contributed by atoms with Gasteiger partial charge >= 0.3 is 11.9 Å². The number of fused-ring (bicyclic) bond motifs is 1. The molecule has 0 aromatic heterocycles. The molecule has 31 heavy (non-hydrogen) atoms. The number of carboxylic acid groups (broad SMARTS) is 1. The van der Waals surface area contributed by atoms with Crippen LogP contribution in [0.1, 0.15) is 90.9 Å². The van der Waals surface area contributed by atoms with E-state index in [4.69, 9.17) is 4.74 Å². The molecule has 0 bridgehead atoms. The Morgan fingerprint density at radius 1 is 1.06 bits per heavy atom. The van der Waals surface area contributed by atoms with E-state index in [0.717, 1.165) is 31.7 Å². The van der Waals surface area contributed by atoms with Crippen molar-refractivity contribution in [2.45, 2.75) is 109 Å². The zero-order valence-corrected chi connectivity index (χ0v) is 19.7. The number of hydrogen-bond acceptors (Lipinski definition) is 5. The van der Waals surface area contributed by atoms with Crippen LogP contribution in [0.15, 0.2) is 0 Å². The number of ether oxygens (including phenoxy) is 1. The molecule has 1 aliphatic heterocycles. The highest BCUT2D eigenvalue weighted by atomic mass is 16.5. The van der Waals surface area contributed by atoms with E-state index in [0.29, 0.717) is 25.0 Å². The Morgan fingerprint density at radius 2 is 1.74 bits per heavy atom. The second-order valence-electron chi connectivity index (χ2n) is 10.3. The van der Waals surface area contributed by atoms with Crippen molar-refractivity contribution in [1.82, 2.24) is 10.2 Å². The van der Waals surface area contributed by atoms with Crippen LogP contribution in [0.5, 0.6) is 0 Å². The molecule has 0 aromatic carbocycles. The molecule has 1 heterocycles. The van der Waals surface area contributed by atoms with E-state index in [-0.39, 0.29) is 18.1 Å². The number of nitrogens with zero attached hydrogens (tertiary/aromatic N) is 1. The average molecular weight is 437 g/mol. The maximum Gasteiger partial charge on any atom is 0.323 e. The second kappa shape index (κ2) is 12.2. The number of carboxylic acids is 1. The third kappa shape index (κ3) is 7.18. The van der Waals surface area contributed by atoms with Crippen LogP contribution in [-0.4, -0.2) is 59.8 Å². The molecule has 0 radical (unpaired) electrons. The van der Waals surface area contributed by atoms with Gasteiger partial charge in [0.15, 0.2) is 0 Å². The molecule has 0 aromatic rings. The summed E-state index contributed by atoms with van der Waals surface area (Å²) in [5, 5.41) is 13.4. The Kier molecular flexibility index (Phi) is 9.64. The maximum absolute atomic E-state index is 12.6. The van der Waals surface area contributed by atoms with Crippen LogP contribution in [0.3, 0.4) is 0 Å². The van der Waals surface area contributed by atoms with Gasteiger partial charge in [-0.05, 0) is 57.3 Å². The van der Waals surface area contributed by atoms with Gasteiger partial charge in [-0.3, -0.25) is 14.5 Å². The monoisotopic (exact) mass is 436 g/mol. The van der Waals surface area contributed by atoms with E-state index in [2.05, 4.69) is 17.1 Å². The quantitative estimate of drug-likeness (QED) is 0.499. The molecular formula is C25H44N2O4.